The number of amides is 1. The molecule has 148 valence electrons. The van der Waals surface area contributed by atoms with E-state index < -0.39 is 5.97 Å². The Hall–Kier alpha value is -3.70. The second-order valence-electron chi connectivity index (χ2n) is 6.70. The lowest BCUT2D eigenvalue weighted by Gasteiger charge is -2.12. The van der Waals surface area contributed by atoms with Crippen LogP contribution in [0, 0.1) is 6.92 Å². The molecule has 3 aromatic carbocycles. The number of nitrogens with one attached hydrogen (secondary N) is 1. The highest BCUT2D eigenvalue weighted by Crippen LogP contribution is 2.31. The number of rotatable bonds is 4. The number of aryl methyl sites for hydroxylation is 1. The molecule has 0 aliphatic carbocycles. The van der Waals surface area contributed by atoms with Gasteiger partial charge in [-0.2, -0.15) is 0 Å². The van der Waals surface area contributed by atoms with Crippen molar-refractivity contribution in [3.05, 3.63) is 101 Å². The highest BCUT2D eigenvalue weighted by Gasteiger charge is 2.16. The summed E-state index contributed by atoms with van der Waals surface area (Å²) in [6.45, 7) is 1.96. The molecule has 0 saturated carbocycles. The van der Waals surface area contributed by atoms with Crippen LogP contribution < -0.4 is 10.1 Å². The number of nitrogens with zero attached hydrogens (tertiary/aromatic N) is 1. The zero-order valence-electron chi connectivity index (χ0n) is 16.1. The molecule has 0 aliphatic heterocycles. The van der Waals surface area contributed by atoms with Crippen molar-refractivity contribution in [1.82, 2.24) is 4.98 Å². The number of halogens is 1. The van der Waals surface area contributed by atoms with E-state index in [4.69, 9.17) is 16.3 Å². The summed E-state index contributed by atoms with van der Waals surface area (Å²) in [5, 5.41) is 3.79. The quantitative estimate of drug-likeness (QED) is 0.344. The van der Waals surface area contributed by atoms with Gasteiger partial charge in [0, 0.05) is 17.1 Å². The molecule has 1 amide bonds. The van der Waals surface area contributed by atoms with Crippen LogP contribution in [-0.4, -0.2) is 16.9 Å². The van der Waals surface area contributed by atoms with Gasteiger partial charge in [-0.1, -0.05) is 41.4 Å². The minimum absolute atomic E-state index is 0.247. The molecule has 5 nitrogen and oxygen atoms in total. The van der Waals surface area contributed by atoms with Gasteiger partial charge < -0.3 is 10.1 Å². The van der Waals surface area contributed by atoms with Crippen molar-refractivity contribution in [3.63, 3.8) is 0 Å². The van der Waals surface area contributed by atoms with Crippen molar-refractivity contribution in [1.29, 1.82) is 0 Å². The fourth-order valence-corrected chi connectivity index (χ4v) is 3.23. The van der Waals surface area contributed by atoms with Crippen molar-refractivity contribution in [2.45, 2.75) is 6.92 Å². The first-order valence-electron chi connectivity index (χ1n) is 9.25. The summed E-state index contributed by atoms with van der Waals surface area (Å²) in [5.41, 5.74) is 2.92. The van der Waals surface area contributed by atoms with Gasteiger partial charge in [-0.05, 0) is 55.5 Å². The Bertz CT molecular complexity index is 1250. The Morgan fingerprint density at radius 3 is 2.47 bits per heavy atom. The zero-order valence-corrected chi connectivity index (χ0v) is 16.8. The first-order chi connectivity index (χ1) is 14.5. The van der Waals surface area contributed by atoms with Crippen molar-refractivity contribution >= 4 is 40.1 Å². The van der Waals surface area contributed by atoms with E-state index in [1.54, 1.807) is 66.9 Å². The van der Waals surface area contributed by atoms with Gasteiger partial charge in [0.25, 0.3) is 5.91 Å². The number of carbonyl (C=O) groups is 2. The van der Waals surface area contributed by atoms with Crippen molar-refractivity contribution in [2.24, 2.45) is 0 Å². The number of esters is 1. The van der Waals surface area contributed by atoms with Gasteiger partial charge in [0.1, 0.15) is 5.75 Å². The van der Waals surface area contributed by atoms with Gasteiger partial charge in [-0.15, -0.1) is 0 Å². The van der Waals surface area contributed by atoms with E-state index in [9.17, 15) is 9.59 Å². The molecule has 0 atom stereocenters. The van der Waals surface area contributed by atoms with Crippen molar-refractivity contribution in [3.8, 4) is 5.75 Å². The van der Waals surface area contributed by atoms with Gasteiger partial charge in [0.05, 0.1) is 21.8 Å². The molecule has 1 heterocycles. The summed E-state index contributed by atoms with van der Waals surface area (Å²) < 4.78 is 5.58. The van der Waals surface area contributed by atoms with Gasteiger partial charge >= 0.3 is 5.97 Å². The average Bonchev–Trinajstić information content (AvgIpc) is 2.76. The molecule has 0 radical (unpaired) electrons. The molecule has 30 heavy (non-hydrogen) atoms. The molecule has 0 fully saturated rings. The molecule has 0 unspecified atom stereocenters. The van der Waals surface area contributed by atoms with Crippen LogP contribution in [0.5, 0.6) is 5.75 Å². The predicted octanol–water partition coefficient (Wildman–Crippen LogP) is 5.67. The Morgan fingerprint density at radius 2 is 1.70 bits per heavy atom. The first-order valence-corrected chi connectivity index (χ1v) is 9.63. The van der Waals surface area contributed by atoms with Crippen molar-refractivity contribution in [2.75, 3.05) is 5.32 Å². The lowest BCUT2D eigenvalue weighted by Crippen LogP contribution is -2.13. The Labute approximate surface area is 178 Å². The molecule has 4 rings (SSSR count). The van der Waals surface area contributed by atoms with Crippen LogP contribution in [0.4, 0.5) is 5.69 Å². The third kappa shape index (κ3) is 4.02. The largest absolute Gasteiger partial charge is 0.422 e. The SMILES string of the molecule is Cc1ccc(C(=O)Nc2ccc(OC(=O)c3ccccc3Cl)c3cccnc23)cc1. The van der Waals surface area contributed by atoms with Crippen LogP contribution in [0.25, 0.3) is 10.9 Å². The van der Waals surface area contributed by atoms with E-state index in [1.807, 2.05) is 19.1 Å². The second-order valence-corrected chi connectivity index (χ2v) is 7.11. The predicted molar refractivity (Wildman–Crippen MR) is 117 cm³/mol. The van der Waals surface area contributed by atoms with E-state index in [-0.39, 0.29) is 11.5 Å². The maximum atomic E-state index is 12.6. The normalized spacial score (nSPS) is 10.6. The monoisotopic (exact) mass is 416 g/mol. The minimum Gasteiger partial charge on any atom is -0.422 e. The summed E-state index contributed by atoms with van der Waals surface area (Å²) in [4.78, 5) is 29.5. The summed E-state index contributed by atoms with van der Waals surface area (Å²) in [6, 6.07) is 20.8. The van der Waals surface area contributed by atoms with Gasteiger partial charge in [-0.3, -0.25) is 9.78 Å². The van der Waals surface area contributed by atoms with E-state index in [1.165, 1.54) is 0 Å². The Kier molecular flexibility index (Phi) is 5.46. The summed E-state index contributed by atoms with van der Waals surface area (Å²) in [5.74, 6) is -0.485. The Balaban J connectivity index is 1.65. The van der Waals surface area contributed by atoms with E-state index in [2.05, 4.69) is 10.3 Å². The lowest BCUT2D eigenvalue weighted by atomic mass is 10.1. The number of carbonyl (C=O) groups excluding carboxylic acids is 2. The smallest absolute Gasteiger partial charge is 0.345 e. The number of anilines is 1. The van der Waals surface area contributed by atoms with E-state index >= 15 is 0 Å². The number of hydrogen-bond acceptors (Lipinski definition) is 4. The first kappa shape index (κ1) is 19.6. The van der Waals surface area contributed by atoms with Crippen LogP contribution in [0.1, 0.15) is 26.3 Å². The number of aromatic nitrogens is 1. The number of ether oxygens (including phenoxy) is 1. The second kappa shape index (κ2) is 8.35. The molecule has 0 spiro atoms. The minimum atomic E-state index is -0.567. The summed E-state index contributed by atoms with van der Waals surface area (Å²) in [6.07, 6.45) is 1.61. The molecule has 6 heteroatoms. The third-order valence-electron chi connectivity index (χ3n) is 4.59. The molecular weight excluding hydrogens is 400 g/mol. The maximum Gasteiger partial charge on any atom is 0.345 e. The van der Waals surface area contributed by atoms with E-state index in [0.717, 1.165) is 5.56 Å². The highest BCUT2D eigenvalue weighted by atomic mass is 35.5. The molecule has 0 bridgehead atoms. The van der Waals surface area contributed by atoms with Crippen LogP contribution in [0.15, 0.2) is 79.0 Å². The van der Waals surface area contributed by atoms with Gasteiger partial charge in [0.15, 0.2) is 0 Å². The fourth-order valence-electron chi connectivity index (χ4n) is 3.02. The maximum absolute atomic E-state index is 12.6. The Morgan fingerprint density at radius 1 is 0.933 bits per heavy atom. The number of fused-ring (bicyclic) bond motifs is 1. The number of benzene rings is 3. The standard InChI is InChI=1S/C24H17ClN2O3/c1-15-8-10-16(11-9-15)23(28)27-20-12-13-21(18-6-4-14-26-22(18)20)30-24(29)17-5-2-3-7-19(17)25/h2-14H,1H3,(H,27,28). The molecule has 1 aromatic heterocycles. The van der Waals surface area contributed by atoms with Crippen LogP contribution in [0.3, 0.4) is 0 Å². The number of hydrogen-bond donors (Lipinski definition) is 1. The molecule has 0 aliphatic rings. The van der Waals surface area contributed by atoms with Crippen molar-refractivity contribution < 1.29 is 14.3 Å². The zero-order chi connectivity index (χ0) is 21.1. The lowest BCUT2D eigenvalue weighted by molar-refractivity contribution is 0.0737. The number of pyridine rings is 1. The third-order valence-corrected chi connectivity index (χ3v) is 4.92. The molecule has 1 N–H and O–H groups in total. The topological polar surface area (TPSA) is 68.3 Å². The van der Waals surface area contributed by atoms with E-state index in [0.29, 0.717) is 32.9 Å². The summed E-state index contributed by atoms with van der Waals surface area (Å²) in [7, 11) is 0. The summed E-state index contributed by atoms with van der Waals surface area (Å²) >= 11 is 6.09. The molecule has 0 saturated heterocycles. The van der Waals surface area contributed by atoms with Crippen LogP contribution >= 0.6 is 11.6 Å². The molecule has 4 aromatic rings. The molecular formula is C24H17ClN2O3. The highest BCUT2D eigenvalue weighted by molar-refractivity contribution is 6.33. The van der Waals surface area contributed by atoms with Gasteiger partial charge in [0.2, 0.25) is 0 Å². The average molecular weight is 417 g/mol. The fraction of sp³-hybridized carbons (Fsp3) is 0.0417. The van der Waals surface area contributed by atoms with Crippen LogP contribution in [0.2, 0.25) is 5.02 Å². The van der Waals surface area contributed by atoms with Gasteiger partial charge in [-0.25, -0.2) is 4.79 Å². The van der Waals surface area contributed by atoms with Crippen LogP contribution in [-0.2, 0) is 0 Å².